The summed E-state index contributed by atoms with van der Waals surface area (Å²) in [5.41, 5.74) is 13.7. The molecule has 1 heterocycles. The largest absolute Gasteiger partial charge is 0.325 e. The fraction of sp³-hybridized carbons (Fsp3) is 0.125. The summed E-state index contributed by atoms with van der Waals surface area (Å²) < 4.78 is 2.01. The number of anilines is 1. The van der Waals surface area contributed by atoms with E-state index < -0.39 is 6.04 Å². The number of nitrogens with one attached hydrogen (secondary N) is 1. The van der Waals surface area contributed by atoms with Crippen LogP contribution in [0.2, 0.25) is 0 Å². The van der Waals surface area contributed by atoms with E-state index in [0.29, 0.717) is 5.69 Å². The van der Waals surface area contributed by atoms with Gasteiger partial charge in [0.25, 0.3) is 0 Å². The highest BCUT2D eigenvalue weighted by Gasteiger charge is 2.27. The molecule has 0 saturated heterocycles. The number of carbonyl (C=O) groups is 1. The Morgan fingerprint density at radius 1 is 0.811 bits per heavy atom. The van der Waals surface area contributed by atoms with E-state index in [1.807, 2.05) is 114 Å². The van der Waals surface area contributed by atoms with Gasteiger partial charge in [-0.25, -0.2) is 0 Å². The number of nitrogens with zero attached hydrogens (tertiary/aromatic N) is 2. The van der Waals surface area contributed by atoms with Gasteiger partial charge in [0.05, 0.1) is 18.8 Å². The third kappa shape index (κ3) is 5.52. The van der Waals surface area contributed by atoms with E-state index in [0.717, 1.165) is 34.5 Å². The van der Waals surface area contributed by atoms with Gasteiger partial charge in [0.2, 0.25) is 5.91 Å². The van der Waals surface area contributed by atoms with Gasteiger partial charge in [0.15, 0.2) is 0 Å². The molecule has 0 bridgehead atoms. The zero-order valence-corrected chi connectivity index (χ0v) is 20.8. The Hall–Kier alpha value is -4.48. The summed E-state index contributed by atoms with van der Waals surface area (Å²) in [6.45, 7) is 2.80. The van der Waals surface area contributed by atoms with Crippen LogP contribution in [-0.4, -0.2) is 21.7 Å². The molecule has 5 aromatic rings. The van der Waals surface area contributed by atoms with Crippen LogP contribution >= 0.6 is 0 Å². The quantitative estimate of drug-likeness (QED) is 0.282. The van der Waals surface area contributed by atoms with Gasteiger partial charge >= 0.3 is 0 Å². The maximum absolute atomic E-state index is 13.2. The number of hydrogen-bond acceptors (Lipinski definition) is 3. The molecule has 0 aliphatic carbocycles. The second-order valence-corrected chi connectivity index (χ2v) is 9.18. The zero-order chi connectivity index (χ0) is 25.6. The van der Waals surface area contributed by atoms with E-state index in [2.05, 4.69) is 29.5 Å². The highest BCUT2D eigenvalue weighted by atomic mass is 16.2. The molecule has 5 rings (SSSR count). The lowest BCUT2D eigenvalue weighted by molar-refractivity contribution is -0.117. The number of hydrogen-bond donors (Lipinski definition) is 2. The third-order valence-electron chi connectivity index (χ3n) is 6.72. The van der Waals surface area contributed by atoms with E-state index in [1.54, 1.807) is 0 Å². The molecule has 5 nitrogen and oxygen atoms in total. The van der Waals surface area contributed by atoms with E-state index in [9.17, 15) is 4.79 Å². The Kier molecular flexibility index (Phi) is 7.24. The number of rotatable bonds is 8. The van der Waals surface area contributed by atoms with Gasteiger partial charge in [0, 0.05) is 22.9 Å². The Labute approximate surface area is 217 Å². The molecule has 0 aliphatic rings. The predicted octanol–water partition coefficient (Wildman–Crippen LogP) is 6.00. The molecule has 0 aliphatic heterocycles. The Balaban J connectivity index is 1.31. The van der Waals surface area contributed by atoms with Crippen molar-refractivity contribution < 1.29 is 4.79 Å². The van der Waals surface area contributed by atoms with E-state index >= 15 is 0 Å². The van der Waals surface area contributed by atoms with Gasteiger partial charge in [-0.3, -0.25) is 9.48 Å². The molecule has 37 heavy (non-hydrogen) atoms. The first-order valence-corrected chi connectivity index (χ1v) is 12.4. The van der Waals surface area contributed by atoms with Crippen LogP contribution in [-0.2, 0) is 11.3 Å². The monoisotopic (exact) mass is 486 g/mol. The molecule has 4 aromatic carbocycles. The van der Waals surface area contributed by atoms with Crippen LogP contribution in [0.1, 0.15) is 28.3 Å². The van der Waals surface area contributed by atoms with Gasteiger partial charge in [-0.15, -0.1) is 0 Å². The molecule has 184 valence electrons. The molecule has 3 N–H and O–H groups in total. The Morgan fingerprint density at radius 2 is 1.35 bits per heavy atom. The van der Waals surface area contributed by atoms with Gasteiger partial charge in [-0.05, 0) is 41.3 Å². The summed E-state index contributed by atoms with van der Waals surface area (Å²) in [6, 6.07) is 37.2. The average Bonchev–Trinajstić information content (AvgIpc) is 3.30. The van der Waals surface area contributed by atoms with Crippen LogP contribution < -0.4 is 11.1 Å². The van der Waals surface area contributed by atoms with Gasteiger partial charge in [-0.1, -0.05) is 103 Å². The lowest BCUT2D eigenvalue weighted by Crippen LogP contribution is -2.41. The SMILES string of the molecule is Cc1c(-c2ccc(NC(=O)[C@@H](N)C(c3ccccc3)c3ccccc3)cc2)cnn1Cc1ccccc1. The molecular weight excluding hydrogens is 456 g/mol. The summed E-state index contributed by atoms with van der Waals surface area (Å²) >= 11 is 0. The highest BCUT2D eigenvalue weighted by Crippen LogP contribution is 2.29. The van der Waals surface area contributed by atoms with E-state index in [1.165, 1.54) is 5.56 Å². The van der Waals surface area contributed by atoms with Crippen molar-refractivity contribution in [1.29, 1.82) is 0 Å². The molecule has 1 aromatic heterocycles. The Bertz CT molecular complexity index is 1410. The summed E-state index contributed by atoms with van der Waals surface area (Å²) in [6.07, 6.45) is 1.89. The lowest BCUT2D eigenvalue weighted by Gasteiger charge is -2.24. The van der Waals surface area contributed by atoms with Crippen molar-refractivity contribution in [1.82, 2.24) is 9.78 Å². The minimum atomic E-state index is -0.747. The van der Waals surface area contributed by atoms with Crippen molar-refractivity contribution in [2.75, 3.05) is 5.32 Å². The van der Waals surface area contributed by atoms with Crippen LogP contribution in [0.3, 0.4) is 0 Å². The first kappa shape index (κ1) is 24.2. The van der Waals surface area contributed by atoms with Gasteiger partial charge < -0.3 is 11.1 Å². The van der Waals surface area contributed by atoms with Crippen LogP contribution in [0.25, 0.3) is 11.1 Å². The van der Waals surface area contributed by atoms with Crippen LogP contribution in [0.15, 0.2) is 121 Å². The first-order valence-electron chi connectivity index (χ1n) is 12.4. The van der Waals surface area contributed by atoms with Crippen LogP contribution in [0.5, 0.6) is 0 Å². The maximum Gasteiger partial charge on any atom is 0.242 e. The van der Waals surface area contributed by atoms with Crippen LogP contribution in [0, 0.1) is 6.92 Å². The third-order valence-corrected chi connectivity index (χ3v) is 6.72. The average molecular weight is 487 g/mol. The normalized spacial score (nSPS) is 11.9. The molecule has 1 atom stereocenters. The zero-order valence-electron chi connectivity index (χ0n) is 20.8. The fourth-order valence-corrected chi connectivity index (χ4v) is 4.68. The van der Waals surface area contributed by atoms with Crippen molar-refractivity contribution in [2.24, 2.45) is 5.73 Å². The second-order valence-electron chi connectivity index (χ2n) is 9.18. The van der Waals surface area contributed by atoms with E-state index in [-0.39, 0.29) is 11.8 Å². The highest BCUT2D eigenvalue weighted by molar-refractivity contribution is 5.96. The van der Waals surface area contributed by atoms with Crippen molar-refractivity contribution in [3.8, 4) is 11.1 Å². The van der Waals surface area contributed by atoms with Gasteiger partial charge in [0.1, 0.15) is 0 Å². The standard InChI is InChI=1S/C32H30N4O/c1-23-29(21-34-36(23)22-24-11-5-2-6-12-24)25-17-19-28(20-18-25)35-32(37)31(33)30(26-13-7-3-8-14-26)27-15-9-4-10-16-27/h2-21,30-31H,22,33H2,1H3,(H,35,37)/t31-/m0/s1. The molecule has 0 radical (unpaired) electrons. The summed E-state index contributed by atoms with van der Waals surface area (Å²) in [7, 11) is 0. The summed E-state index contributed by atoms with van der Waals surface area (Å²) in [4.78, 5) is 13.2. The molecule has 0 unspecified atom stereocenters. The molecule has 1 amide bonds. The van der Waals surface area contributed by atoms with Gasteiger partial charge in [-0.2, -0.15) is 5.10 Å². The Morgan fingerprint density at radius 3 is 1.92 bits per heavy atom. The number of carbonyl (C=O) groups excluding carboxylic acids is 1. The smallest absolute Gasteiger partial charge is 0.242 e. The summed E-state index contributed by atoms with van der Waals surface area (Å²) in [5.74, 6) is -0.475. The number of benzene rings is 4. The topological polar surface area (TPSA) is 72.9 Å². The van der Waals surface area contributed by atoms with Crippen molar-refractivity contribution in [3.63, 3.8) is 0 Å². The first-order chi connectivity index (χ1) is 18.1. The molecule has 0 saturated carbocycles. The molecule has 5 heteroatoms. The minimum Gasteiger partial charge on any atom is -0.325 e. The molecule has 0 fully saturated rings. The lowest BCUT2D eigenvalue weighted by atomic mass is 9.85. The van der Waals surface area contributed by atoms with Crippen molar-refractivity contribution >= 4 is 11.6 Å². The molecular formula is C32H30N4O. The summed E-state index contributed by atoms with van der Waals surface area (Å²) in [5, 5.41) is 7.60. The predicted molar refractivity (Wildman–Crippen MR) is 149 cm³/mol. The van der Waals surface area contributed by atoms with E-state index in [4.69, 9.17) is 5.73 Å². The van der Waals surface area contributed by atoms with Crippen molar-refractivity contribution in [3.05, 3.63) is 144 Å². The van der Waals surface area contributed by atoms with Crippen molar-refractivity contribution in [2.45, 2.75) is 25.4 Å². The second kappa shape index (κ2) is 11.1. The molecule has 0 spiro atoms. The number of nitrogens with two attached hydrogens (primary N) is 1. The number of aromatic nitrogens is 2. The number of amides is 1. The maximum atomic E-state index is 13.2. The van der Waals surface area contributed by atoms with Crippen LogP contribution in [0.4, 0.5) is 5.69 Å². The fourth-order valence-electron chi connectivity index (χ4n) is 4.68. The minimum absolute atomic E-state index is 0.225.